The molecular formula is C18H13N3O2. The van der Waals surface area contributed by atoms with Crippen LogP contribution in [-0.4, -0.2) is 15.6 Å². The largest absolute Gasteiger partial charge is 0.469 e. The van der Waals surface area contributed by atoms with E-state index in [1.54, 1.807) is 30.1 Å². The van der Waals surface area contributed by atoms with Gasteiger partial charge in [-0.25, -0.2) is 4.68 Å². The molecule has 0 spiro atoms. The fraction of sp³-hybridized carbons (Fsp3) is 0.0556. The van der Waals surface area contributed by atoms with Gasteiger partial charge in [-0.2, -0.15) is 10.4 Å². The molecule has 2 heterocycles. The third kappa shape index (κ3) is 2.97. The monoisotopic (exact) mass is 303 g/mol. The molecule has 0 aliphatic heterocycles. The van der Waals surface area contributed by atoms with Crippen LogP contribution in [0.4, 0.5) is 0 Å². The molecule has 0 bridgehead atoms. The minimum atomic E-state index is -0.355. The molecule has 0 N–H and O–H groups in total. The molecule has 0 fully saturated rings. The zero-order chi connectivity index (χ0) is 16.2. The molecule has 3 rings (SSSR count). The first-order valence-electron chi connectivity index (χ1n) is 6.99. The number of rotatable bonds is 4. The van der Waals surface area contributed by atoms with Crippen LogP contribution in [0, 0.1) is 18.3 Å². The number of para-hydroxylation sites is 1. The van der Waals surface area contributed by atoms with Crippen LogP contribution < -0.4 is 0 Å². The van der Waals surface area contributed by atoms with Crippen LogP contribution in [0.2, 0.25) is 0 Å². The molecule has 112 valence electrons. The number of allylic oxidation sites excluding steroid dienone is 1. The van der Waals surface area contributed by atoms with Crippen LogP contribution in [0.15, 0.2) is 65.0 Å². The van der Waals surface area contributed by atoms with Crippen molar-refractivity contribution in [3.63, 3.8) is 0 Å². The number of benzene rings is 1. The van der Waals surface area contributed by atoms with Gasteiger partial charge in [0.05, 0.1) is 23.7 Å². The van der Waals surface area contributed by atoms with E-state index in [1.807, 2.05) is 36.4 Å². The highest BCUT2D eigenvalue weighted by Crippen LogP contribution is 2.17. The first-order chi connectivity index (χ1) is 11.2. The van der Waals surface area contributed by atoms with Gasteiger partial charge in [-0.1, -0.05) is 18.2 Å². The Hall–Kier alpha value is -3.39. The molecule has 0 saturated heterocycles. The molecule has 5 nitrogen and oxygen atoms in total. The van der Waals surface area contributed by atoms with Crippen molar-refractivity contribution >= 4 is 11.9 Å². The zero-order valence-corrected chi connectivity index (χ0v) is 12.4. The van der Waals surface area contributed by atoms with E-state index in [-0.39, 0.29) is 11.4 Å². The Bertz CT molecular complexity index is 911. The normalized spacial score (nSPS) is 11.2. The summed E-state index contributed by atoms with van der Waals surface area (Å²) in [6.45, 7) is 1.69. The number of ketones is 1. The molecule has 0 saturated carbocycles. The SMILES string of the molecule is Cc1occc1C(=O)/C(C#N)=C/c1cnn(-c2ccccc2)c1. The fourth-order valence-corrected chi connectivity index (χ4v) is 2.21. The lowest BCUT2D eigenvalue weighted by molar-refractivity contribution is 0.103. The third-order valence-corrected chi connectivity index (χ3v) is 3.40. The highest BCUT2D eigenvalue weighted by Gasteiger charge is 2.16. The van der Waals surface area contributed by atoms with Crippen molar-refractivity contribution in [1.82, 2.24) is 9.78 Å². The van der Waals surface area contributed by atoms with E-state index in [9.17, 15) is 10.1 Å². The topological polar surface area (TPSA) is 71.8 Å². The maximum atomic E-state index is 12.4. The van der Waals surface area contributed by atoms with Crippen LogP contribution in [-0.2, 0) is 0 Å². The first-order valence-corrected chi connectivity index (χ1v) is 6.99. The molecule has 0 aliphatic carbocycles. The van der Waals surface area contributed by atoms with Crippen molar-refractivity contribution < 1.29 is 9.21 Å². The molecule has 0 unspecified atom stereocenters. The number of furan rings is 1. The Morgan fingerprint density at radius 2 is 2.09 bits per heavy atom. The average molecular weight is 303 g/mol. The molecule has 3 aromatic rings. The summed E-state index contributed by atoms with van der Waals surface area (Å²) < 4.78 is 6.81. The Morgan fingerprint density at radius 3 is 2.74 bits per heavy atom. The number of aryl methyl sites for hydroxylation is 1. The lowest BCUT2D eigenvalue weighted by Gasteiger charge is -1.99. The number of carbonyl (C=O) groups excluding carboxylic acids is 1. The minimum absolute atomic E-state index is 0.0436. The van der Waals surface area contributed by atoms with Crippen molar-refractivity contribution in [2.75, 3.05) is 0 Å². The zero-order valence-electron chi connectivity index (χ0n) is 12.4. The summed E-state index contributed by atoms with van der Waals surface area (Å²) in [5.74, 6) is 0.141. The number of hydrogen-bond acceptors (Lipinski definition) is 4. The number of aromatic nitrogens is 2. The van der Waals surface area contributed by atoms with E-state index in [1.165, 1.54) is 12.3 Å². The predicted octanol–water partition coefficient (Wildman–Crippen LogP) is 3.56. The molecule has 0 atom stereocenters. The van der Waals surface area contributed by atoms with Crippen molar-refractivity contribution in [2.24, 2.45) is 0 Å². The van der Waals surface area contributed by atoms with Gasteiger partial charge in [0.1, 0.15) is 17.4 Å². The summed E-state index contributed by atoms with van der Waals surface area (Å²) in [6, 6.07) is 13.1. The summed E-state index contributed by atoms with van der Waals surface area (Å²) in [6.07, 6.45) is 6.34. The van der Waals surface area contributed by atoms with Gasteiger partial charge in [-0.15, -0.1) is 0 Å². The number of Topliss-reactive ketones (excluding diaryl/α,β-unsaturated/α-hetero) is 1. The van der Waals surface area contributed by atoms with Gasteiger partial charge in [-0.05, 0) is 31.2 Å². The molecule has 23 heavy (non-hydrogen) atoms. The van der Waals surface area contributed by atoms with Gasteiger partial charge in [0, 0.05) is 11.8 Å². The minimum Gasteiger partial charge on any atom is -0.469 e. The quantitative estimate of drug-likeness (QED) is 0.419. The Morgan fingerprint density at radius 1 is 1.30 bits per heavy atom. The summed E-state index contributed by atoms with van der Waals surface area (Å²) in [7, 11) is 0. The van der Waals surface area contributed by atoms with Crippen molar-refractivity contribution in [2.45, 2.75) is 6.92 Å². The van der Waals surface area contributed by atoms with Crippen LogP contribution in [0.25, 0.3) is 11.8 Å². The van der Waals surface area contributed by atoms with E-state index in [2.05, 4.69) is 5.10 Å². The number of carbonyl (C=O) groups is 1. The fourth-order valence-electron chi connectivity index (χ4n) is 2.21. The molecule has 0 amide bonds. The smallest absolute Gasteiger partial charge is 0.207 e. The number of hydrogen-bond donors (Lipinski definition) is 0. The lowest BCUT2D eigenvalue weighted by atomic mass is 10.0. The van der Waals surface area contributed by atoms with E-state index < -0.39 is 0 Å². The molecule has 0 radical (unpaired) electrons. The van der Waals surface area contributed by atoms with E-state index in [0.717, 1.165) is 5.69 Å². The van der Waals surface area contributed by atoms with Crippen LogP contribution in [0.5, 0.6) is 0 Å². The Labute approximate surface area is 133 Å². The number of nitrogens with zero attached hydrogens (tertiary/aromatic N) is 3. The van der Waals surface area contributed by atoms with Crippen molar-refractivity contribution in [3.8, 4) is 11.8 Å². The first kappa shape index (κ1) is 14.5. The van der Waals surface area contributed by atoms with Gasteiger partial charge >= 0.3 is 0 Å². The molecule has 5 heteroatoms. The Balaban J connectivity index is 1.91. The van der Waals surface area contributed by atoms with Crippen molar-refractivity contribution in [3.05, 3.63) is 77.5 Å². The van der Waals surface area contributed by atoms with E-state index >= 15 is 0 Å². The maximum Gasteiger partial charge on any atom is 0.207 e. The average Bonchev–Trinajstić information content (AvgIpc) is 3.22. The van der Waals surface area contributed by atoms with Gasteiger partial charge in [0.2, 0.25) is 5.78 Å². The summed E-state index contributed by atoms with van der Waals surface area (Å²) in [4.78, 5) is 12.4. The molecule has 2 aromatic heterocycles. The summed E-state index contributed by atoms with van der Waals surface area (Å²) >= 11 is 0. The summed E-state index contributed by atoms with van der Waals surface area (Å²) in [5.41, 5.74) is 2.03. The second kappa shape index (κ2) is 6.16. The van der Waals surface area contributed by atoms with Gasteiger partial charge < -0.3 is 4.42 Å². The van der Waals surface area contributed by atoms with Gasteiger partial charge in [0.25, 0.3) is 0 Å². The lowest BCUT2D eigenvalue weighted by Crippen LogP contribution is -2.01. The highest BCUT2D eigenvalue weighted by molar-refractivity contribution is 6.14. The van der Waals surface area contributed by atoms with Crippen LogP contribution in [0.1, 0.15) is 21.7 Å². The highest BCUT2D eigenvalue weighted by atomic mass is 16.3. The maximum absolute atomic E-state index is 12.4. The summed E-state index contributed by atoms with van der Waals surface area (Å²) in [5, 5.41) is 13.5. The second-order valence-corrected chi connectivity index (χ2v) is 4.94. The van der Waals surface area contributed by atoms with E-state index in [4.69, 9.17) is 4.42 Å². The van der Waals surface area contributed by atoms with E-state index in [0.29, 0.717) is 16.9 Å². The predicted molar refractivity (Wildman–Crippen MR) is 84.9 cm³/mol. The molecule has 1 aromatic carbocycles. The van der Waals surface area contributed by atoms with Gasteiger partial charge in [-0.3, -0.25) is 4.79 Å². The molecule has 0 aliphatic rings. The van der Waals surface area contributed by atoms with Crippen molar-refractivity contribution in [1.29, 1.82) is 5.26 Å². The van der Waals surface area contributed by atoms with Crippen LogP contribution in [0.3, 0.4) is 0 Å². The van der Waals surface area contributed by atoms with Gasteiger partial charge in [0.15, 0.2) is 0 Å². The number of nitriles is 1. The Kier molecular flexibility index (Phi) is 3.89. The third-order valence-electron chi connectivity index (χ3n) is 3.40. The standard InChI is InChI=1S/C18H13N3O2/c1-13-17(7-8-23-13)18(22)15(10-19)9-14-11-20-21(12-14)16-5-3-2-4-6-16/h2-9,11-12H,1H3/b15-9+. The van der Waals surface area contributed by atoms with Crippen LogP contribution >= 0.6 is 0 Å². The second-order valence-electron chi connectivity index (χ2n) is 4.94. The molecular weight excluding hydrogens is 290 g/mol.